The summed E-state index contributed by atoms with van der Waals surface area (Å²) in [5.74, 6) is 0.572. The zero-order chi connectivity index (χ0) is 11.1. The van der Waals surface area contributed by atoms with E-state index in [0.29, 0.717) is 12.5 Å². The predicted molar refractivity (Wildman–Crippen MR) is 64.9 cm³/mol. The van der Waals surface area contributed by atoms with Crippen LogP contribution in [0.5, 0.6) is 0 Å². The van der Waals surface area contributed by atoms with Gasteiger partial charge in [0.1, 0.15) is 0 Å². The lowest BCUT2D eigenvalue weighted by atomic mass is 9.86. The second-order valence-corrected chi connectivity index (χ2v) is 4.77. The van der Waals surface area contributed by atoms with Crippen LogP contribution in [0.1, 0.15) is 38.5 Å². The third-order valence-corrected chi connectivity index (χ3v) is 3.62. The molecule has 2 heteroatoms. The second kappa shape index (κ2) is 7.02. The van der Waals surface area contributed by atoms with E-state index in [1.54, 1.807) is 0 Å². The van der Waals surface area contributed by atoms with E-state index in [1.807, 2.05) is 6.08 Å². The first-order valence-electron chi connectivity index (χ1n) is 6.20. The molecule has 0 unspecified atom stereocenters. The van der Waals surface area contributed by atoms with Crippen LogP contribution in [0, 0.1) is 5.92 Å². The van der Waals surface area contributed by atoms with Crippen molar-refractivity contribution in [1.29, 1.82) is 0 Å². The SMILES string of the molecule is C=CCCCN(C)C1CCC(CO)CC1. The third-order valence-electron chi connectivity index (χ3n) is 3.62. The third kappa shape index (κ3) is 4.35. The lowest BCUT2D eigenvalue weighted by Gasteiger charge is -2.34. The number of nitrogens with zero attached hydrogens (tertiary/aromatic N) is 1. The molecular formula is C13H25NO. The van der Waals surface area contributed by atoms with Gasteiger partial charge in [-0.05, 0) is 58.0 Å². The van der Waals surface area contributed by atoms with Crippen LogP contribution in [0.4, 0.5) is 0 Å². The first-order chi connectivity index (χ1) is 7.27. The van der Waals surface area contributed by atoms with Crippen molar-refractivity contribution >= 4 is 0 Å². The number of aliphatic hydroxyl groups excluding tert-OH is 1. The molecule has 15 heavy (non-hydrogen) atoms. The number of aliphatic hydroxyl groups is 1. The number of hydrogen-bond acceptors (Lipinski definition) is 2. The molecule has 0 heterocycles. The van der Waals surface area contributed by atoms with Crippen LogP contribution in [0.2, 0.25) is 0 Å². The van der Waals surface area contributed by atoms with E-state index in [1.165, 1.54) is 38.6 Å². The number of allylic oxidation sites excluding steroid dienone is 1. The highest BCUT2D eigenvalue weighted by Gasteiger charge is 2.22. The maximum atomic E-state index is 9.06. The fourth-order valence-corrected chi connectivity index (χ4v) is 2.44. The highest BCUT2D eigenvalue weighted by molar-refractivity contribution is 4.78. The molecule has 0 bridgehead atoms. The van der Waals surface area contributed by atoms with Crippen molar-refractivity contribution in [2.75, 3.05) is 20.2 Å². The largest absolute Gasteiger partial charge is 0.396 e. The Balaban J connectivity index is 2.17. The molecule has 0 aromatic carbocycles. The average molecular weight is 211 g/mol. The summed E-state index contributed by atoms with van der Waals surface area (Å²) in [6.45, 7) is 5.31. The summed E-state index contributed by atoms with van der Waals surface area (Å²) in [7, 11) is 2.23. The Morgan fingerprint density at radius 2 is 2.00 bits per heavy atom. The van der Waals surface area contributed by atoms with Crippen molar-refractivity contribution in [3.63, 3.8) is 0 Å². The summed E-state index contributed by atoms with van der Waals surface area (Å²) in [5, 5.41) is 9.06. The Hall–Kier alpha value is -0.340. The van der Waals surface area contributed by atoms with Crippen LogP contribution in [-0.4, -0.2) is 36.2 Å². The summed E-state index contributed by atoms with van der Waals surface area (Å²) in [6.07, 6.45) is 9.26. The summed E-state index contributed by atoms with van der Waals surface area (Å²) < 4.78 is 0. The van der Waals surface area contributed by atoms with Crippen molar-refractivity contribution < 1.29 is 5.11 Å². The zero-order valence-corrected chi connectivity index (χ0v) is 9.99. The highest BCUT2D eigenvalue weighted by atomic mass is 16.3. The van der Waals surface area contributed by atoms with Crippen LogP contribution in [0.3, 0.4) is 0 Å². The van der Waals surface area contributed by atoms with Gasteiger partial charge in [0.25, 0.3) is 0 Å². The maximum absolute atomic E-state index is 9.06. The fraction of sp³-hybridized carbons (Fsp3) is 0.846. The minimum absolute atomic E-state index is 0.382. The predicted octanol–water partition coefficient (Wildman–Crippen LogP) is 2.44. The van der Waals surface area contributed by atoms with Crippen LogP contribution in [0.15, 0.2) is 12.7 Å². The van der Waals surface area contributed by atoms with Gasteiger partial charge >= 0.3 is 0 Å². The molecular weight excluding hydrogens is 186 g/mol. The zero-order valence-electron chi connectivity index (χ0n) is 9.99. The molecule has 0 aromatic heterocycles. The van der Waals surface area contributed by atoms with Gasteiger partial charge in [-0.15, -0.1) is 6.58 Å². The van der Waals surface area contributed by atoms with Gasteiger partial charge in [0.05, 0.1) is 0 Å². The van der Waals surface area contributed by atoms with Crippen molar-refractivity contribution in [1.82, 2.24) is 4.90 Å². The van der Waals surface area contributed by atoms with E-state index in [2.05, 4.69) is 18.5 Å². The molecule has 0 saturated heterocycles. The van der Waals surface area contributed by atoms with Gasteiger partial charge < -0.3 is 10.0 Å². The normalized spacial score (nSPS) is 26.9. The Kier molecular flexibility index (Phi) is 5.96. The maximum Gasteiger partial charge on any atom is 0.0459 e. The summed E-state index contributed by atoms with van der Waals surface area (Å²) in [4.78, 5) is 2.48. The lowest BCUT2D eigenvalue weighted by Crippen LogP contribution is -2.36. The van der Waals surface area contributed by atoms with Crippen LogP contribution < -0.4 is 0 Å². The Morgan fingerprint density at radius 3 is 2.53 bits per heavy atom. The summed E-state index contributed by atoms with van der Waals surface area (Å²) in [6, 6.07) is 0.748. The Morgan fingerprint density at radius 1 is 1.33 bits per heavy atom. The smallest absolute Gasteiger partial charge is 0.0459 e. The van der Waals surface area contributed by atoms with Gasteiger partial charge in [0.2, 0.25) is 0 Å². The van der Waals surface area contributed by atoms with Gasteiger partial charge in [-0.3, -0.25) is 0 Å². The molecule has 0 aromatic rings. The molecule has 1 saturated carbocycles. The topological polar surface area (TPSA) is 23.5 Å². The first-order valence-corrected chi connectivity index (χ1v) is 6.20. The van der Waals surface area contributed by atoms with Crippen LogP contribution in [0.25, 0.3) is 0 Å². The Labute approximate surface area is 94.0 Å². The molecule has 1 fully saturated rings. The van der Waals surface area contributed by atoms with Crippen LogP contribution in [-0.2, 0) is 0 Å². The number of rotatable bonds is 6. The van der Waals surface area contributed by atoms with E-state index in [9.17, 15) is 0 Å². The van der Waals surface area contributed by atoms with Crippen LogP contribution >= 0.6 is 0 Å². The molecule has 1 aliphatic rings. The summed E-state index contributed by atoms with van der Waals surface area (Å²) in [5.41, 5.74) is 0. The number of hydrogen-bond donors (Lipinski definition) is 1. The van der Waals surface area contributed by atoms with Crippen molar-refractivity contribution in [3.8, 4) is 0 Å². The monoisotopic (exact) mass is 211 g/mol. The molecule has 0 aliphatic heterocycles. The van der Waals surface area contributed by atoms with Gasteiger partial charge in [-0.25, -0.2) is 0 Å². The minimum atomic E-state index is 0.382. The Bertz CT molecular complexity index is 173. The number of unbranched alkanes of at least 4 members (excludes halogenated alkanes) is 1. The molecule has 2 nitrogen and oxygen atoms in total. The quantitative estimate of drug-likeness (QED) is 0.539. The van der Waals surface area contributed by atoms with Gasteiger partial charge in [0, 0.05) is 12.6 Å². The van der Waals surface area contributed by atoms with E-state index in [4.69, 9.17) is 5.11 Å². The van der Waals surface area contributed by atoms with E-state index < -0.39 is 0 Å². The molecule has 0 atom stereocenters. The van der Waals surface area contributed by atoms with Gasteiger partial charge in [-0.1, -0.05) is 6.08 Å². The standard InChI is InChI=1S/C13H25NO/c1-3-4-5-10-14(2)13-8-6-12(11-15)7-9-13/h3,12-13,15H,1,4-11H2,2H3. The molecule has 88 valence electrons. The first kappa shape index (κ1) is 12.7. The lowest BCUT2D eigenvalue weighted by molar-refractivity contribution is 0.127. The minimum Gasteiger partial charge on any atom is -0.396 e. The molecule has 1 aliphatic carbocycles. The van der Waals surface area contributed by atoms with E-state index in [-0.39, 0.29) is 0 Å². The van der Waals surface area contributed by atoms with Gasteiger partial charge in [0.15, 0.2) is 0 Å². The van der Waals surface area contributed by atoms with Crippen molar-refractivity contribution in [2.24, 2.45) is 5.92 Å². The molecule has 0 spiro atoms. The molecule has 1 N–H and O–H groups in total. The fourth-order valence-electron chi connectivity index (χ4n) is 2.44. The average Bonchev–Trinajstić information content (AvgIpc) is 2.29. The van der Waals surface area contributed by atoms with E-state index in [0.717, 1.165) is 12.5 Å². The molecule has 0 radical (unpaired) electrons. The summed E-state index contributed by atoms with van der Waals surface area (Å²) >= 11 is 0. The van der Waals surface area contributed by atoms with Gasteiger partial charge in [-0.2, -0.15) is 0 Å². The highest BCUT2D eigenvalue weighted by Crippen LogP contribution is 2.26. The van der Waals surface area contributed by atoms with Crippen molar-refractivity contribution in [2.45, 2.75) is 44.6 Å². The second-order valence-electron chi connectivity index (χ2n) is 4.77. The van der Waals surface area contributed by atoms with Crippen molar-refractivity contribution in [3.05, 3.63) is 12.7 Å². The molecule has 0 amide bonds. The molecule has 1 rings (SSSR count). The van der Waals surface area contributed by atoms with E-state index >= 15 is 0 Å².